The average Bonchev–Trinajstić information content (AvgIpc) is 3.03. The van der Waals surface area contributed by atoms with Crippen molar-refractivity contribution < 1.29 is 9.53 Å². The fraction of sp³-hybridized carbons (Fsp3) is 0.312. The van der Waals surface area contributed by atoms with Gasteiger partial charge in [0.25, 0.3) is 5.91 Å². The van der Waals surface area contributed by atoms with Crippen molar-refractivity contribution in [3.8, 4) is 5.75 Å². The van der Waals surface area contributed by atoms with Crippen LogP contribution >= 0.6 is 11.3 Å². The van der Waals surface area contributed by atoms with Gasteiger partial charge in [0, 0.05) is 17.0 Å². The van der Waals surface area contributed by atoms with Crippen LogP contribution in [0.15, 0.2) is 41.8 Å². The molecule has 1 aromatic carbocycles. The number of benzene rings is 1. The molecule has 0 saturated heterocycles. The minimum absolute atomic E-state index is 0.0754. The lowest BCUT2D eigenvalue weighted by atomic mass is 10.2. The van der Waals surface area contributed by atoms with Crippen molar-refractivity contribution in [1.82, 2.24) is 5.32 Å². The first kappa shape index (κ1) is 15.5. The zero-order valence-corrected chi connectivity index (χ0v) is 12.7. The van der Waals surface area contributed by atoms with Crippen molar-refractivity contribution >= 4 is 17.2 Å². The molecule has 5 heteroatoms. The number of rotatable bonds is 8. The third-order valence-electron chi connectivity index (χ3n) is 2.97. The number of unbranched alkanes of at least 4 members (excludes halogenated alkanes) is 1. The SMILES string of the molecule is NCCCCNC(=O)c1cccc(OCc2cccs2)c1. The summed E-state index contributed by atoms with van der Waals surface area (Å²) in [5.74, 6) is 0.631. The number of amides is 1. The molecule has 2 rings (SSSR count). The van der Waals surface area contributed by atoms with E-state index >= 15 is 0 Å². The number of nitrogens with one attached hydrogen (secondary N) is 1. The highest BCUT2D eigenvalue weighted by Gasteiger charge is 2.06. The van der Waals surface area contributed by atoms with E-state index in [0.717, 1.165) is 17.7 Å². The summed E-state index contributed by atoms with van der Waals surface area (Å²) in [6.45, 7) is 1.83. The number of hydrogen-bond donors (Lipinski definition) is 2. The van der Waals surface area contributed by atoms with E-state index in [2.05, 4.69) is 5.32 Å². The Morgan fingerprint density at radius 2 is 2.14 bits per heavy atom. The van der Waals surface area contributed by atoms with Crippen molar-refractivity contribution in [2.45, 2.75) is 19.4 Å². The smallest absolute Gasteiger partial charge is 0.251 e. The molecule has 0 fully saturated rings. The highest BCUT2D eigenvalue weighted by molar-refractivity contribution is 7.09. The van der Waals surface area contributed by atoms with Gasteiger partial charge >= 0.3 is 0 Å². The van der Waals surface area contributed by atoms with Gasteiger partial charge in [-0.05, 0) is 49.0 Å². The van der Waals surface area contributed by atoms with Crippen LogP contribution in [0, 0.1) is 0 Å². The van der Waals surface area contributed by atoms with Gasteiger partial charge in [0.2, 0.25) is 0 Å². The summed E-state index contributed by atoms with van der Waals surface area (Å²) >= 11 is 1.65. The Balaban J connectivity index is 1.86. The number of hydrogen-bond acceptors (Lipinski definition) is 4. The molecule has 1 heterocycles. The molecule has 1 amide bonds. The second-order valence-electron chi connectivity index (χ2n) is 4.65. The Labute approximate surface area is 128 Å². The fourth-order valence-corrected chi connectivity index (χ4v) is 2.47. The average molecular weight is 304 g/mol. The third-order valence-corrected chi connectivity index (χ3v) is 3.82. The van der Waals surface area contributed by atoms with E-state index in [1.165, 1.54) is 0 Å². The predicted molar refractivity (Wildman–Crippen MR) is 85.7 cm³/mol. The summed E-state index contributed by atoms with van der Waals surface area (Å²) in [4.78, 5) is 13.2. The maximum atomic E-state index is 12.0. The molecule has 0 radical (unpaired) electrons. The van der Waals surface area contributed by atoms with E-state index in [1.807, 2.05) is 29.6 Å². The molecule has 0 atom stereocenters. The van der Waals surface area contributed by atoms with Crippen molar-refractivity contribution in [2.24, 2.45) is 5.73 Å². The van der Waals surface area contributed by atoms with Crippen LogP contribution in [0.5, 0.6) is 5.75 Å². The lowest BCUT2D eigenvalue weighted by Crippen LogP contribution is -2.24. The highest BCUT2D eigenvalue weighted by atomic mass is 32.1. The van der Waals surface area contributed by atoms with E-state index in [4.69, 9.17) is 10.5 Å². The van der Waals surface area contributed by atoms with Gasteiger partial charge in [-0.2, -0.15) is 0 Å². The van der Waals surface area contributed by atoms with Crippen LogP contribution in [-0.2, 0) is 6.61 Å². The molecule has 2 aromatic rings. The molecular formula is C16H20N2O2S. The largest absolute Gasteiger partial charge is 0.488 e. The summed E-state index contributed by atoms with van der Waals surface area (Å²) < 4.78 is 5.70. The molecule has 0 aliphatic heterocycles. The number of nitrogens with two attached hydrogens (primary N) is 1. The zero-order valence-electron chi connectivity index (χ0n) is 11.9. The monoisotopic (exact) mass is 304 g/mol. The standard InChI is InChI=1S/C16H20N2O2S/c17-8-1-2-9-18-16(19)13-5-3-6-14(11-13)20-12-15-7-4-10-21-15/h3-7,10-11H,1-2,8-9,12,17H2,(H,18,19). The first-order chi connectivity index (χ1) is 10.3. The summed E-state index contributed by atoms with van der Waals surface area (Å²) in [5.41, 5.74) is 6.04. The van der Waals surface area contributed by atoms with Crippen molar-refractivity contribution in [2.75, 3.05) is 13.1 Å². The molecule has 1 aromatic heterocycles. The summed E-state index contributed by atoms with van der Waals surface area (Å²) in [6.07, 6.45) is 1.82. The lowest BCUT2D eigenvalue weighted by Gasteiger charge is -2.08. The lowest BCUT2D eigenvalue weighted by molar-refractivity contribution is 0.0952. The summed E-state index contributed by atoms with van der Waals surface area (Å²) in [6, 6.07) is 11.3. The Morgan fingerprint density at radius 1 is 1.24 bits per heavy atom. The summed E-state index contributed by atoms with van der Waals surface area (Å²) in [7, 11) is 0. The van der Waals surface area contributed by atoms with Crippen LogP contribution in [0.1, 0.15) is 28.1 Å². The van der Waals surface area contributed by atoms with Crippen LogP contribution in [-0.4, -0.2) is 19.0 Å². The molecule has 0 aliphatic rings. The van der Waals surface area contributed by atoms with Gasteiger partial charge in [-0.1, -0.05) is 12.1 Å². The summed E-state index contributed by atoms with van der Waals surface area (Å²) in [5, 5.41) is 4.90. The van der Waals surface area contributed by atoms with Crippen LogP contribution in [0.25, 0.3) is 0 Å². The van der Waals surface area contributed by atoms with Gasteiger partial charge in [-0.15, -0.1) is 11.3 Å². The van der Waals surface area contributed by atoms with Crippen molar-refractivity contribution in [3.05, 3.63) is 52.2 Å². The molecule has 21 heavy (non-hydrogen) atoms. The maximum absolute atomic E-state index is 12.0. The molecule has 3 N–H and O–H groups in total. The normalized spacial score (nSPS) is 10.3. The molecule has 0 spiro atoms. The molecule has 0 saturated carbocycles. The zero-order chi connectivity index (χ0) is 14.9. The van der Waals surface area contributed by atoms with E-state index in [9.17, 15) is 4.79 Å². The number of carbonyl (C=O) groups excluding carboxylic acids is 1. The molecule has 0 unspecified atom stereocenters. The quantitative estimate of drug-likeness (QED) is 0.737. The fourth-order valence-electron chi connectivity index (χ4n) is 1.85. The molecule has 4 nitrogen and oxygen atoms in total. The molecule has 0 bridgehead atoms. The second-order valence-corrected chi connectivity index (χ2v) is 5.68. The highest BCUT2D eigenvalue weighted by Crippen LogP contribution is 2.17. The Hall–Kier alpha value is -1.85. The second kappa shape index (κ2) is 8.44. The van der Waals surface area contributed by atoms with Gasteiger partial charge in [0.1, 0.15) is 12.4 Å². The Kier molecular flexibility index (Phi) is 6.24. The van der Waals surface area contributed by atoms with E-state index < -0.39 is 0 Å². The van der Waals surface area contributed by atoms with Crippen LogP contribution in [0.2, 0.25) is 0 Å². The number of thiophene rings is 1. The van der Waals surface area contributed by atoms with Gasteiger partial charge in [-0.25, -0.2) is 0 Å². The topological polar surface area (TPSA) is 64.3 Å². The van der Waals surface area contributed by atoms with Gasteiger partial charge in [0.15, 0.2) is 0 Å². The van der Waals surface area contributed by atoms with Gasteiger partial charge < -0.3 is 15.8 Å². The molecule has 0 aliphatic carbocycles. The van der Waals surface area contributed by atoms with Gasteiger partial charge in [-0.3, -0.25) is 4.79 Å². The van der Waals surface area contributed by atoms with Crippen LogP contribution in [0.3, 0.4) is 0 Å². The first-order valence-electron chi connectivity index (χ1n) is 7.03. The van der Waals surface area contributed by atoms with Crippen LogP contribution < -0.4 is 15.8 Å². The third kappa shape index (κ3) is 5.21. The Morgan fingerprint density at radius 3 is 2.90 bits per heavy atom. The predicted octanol–water partition coefficient (Wildman–Crippen LogP) is 2.80. The maximum Gasteiger partial charge on any atom is 0.251 e. The van der Waals surface area contributed by atoms with E-state index in [0.29, 0.717) is 31.0 Å². The van der Waals surface area contributed by atoms with E-state index in [1.54, 1.807) is 23.5 Å². The van der Waals surface area contributed by atoms with E-state index in [-0.39, 0.29) is 5.91 Å². The number of ether oxygens (including phenoxy) is 1. The van der Waals surface area contributed by atoms with Crippen molar-refractivity contribution in [3.63, 3.8) is 0 Å². The molecular weight excluding hydrogens is 284 g/mol. The Bertz CT molecular complexity index is 555. The number of carbonyl (C=O) groups is 1. The van der Waals surface area contributed by atoms with Crippen LogP contribution in [0.4, 0.5) is 0 Å². The van der Waals surface area contributed by atoms with Gasteiger partial charge in [0.05, 0.1) is 0 Å². The van der Waals surface area contributed by atoms with Crippen molar-refractivity contribution in [1.29, 1.82) is 0 Å². The first-order valence-corrected chi connectivity index (χ1v) is 7.91. The molecule has 112 valence electrons. The minimum atomic E-state index is -0.0754. The minimum Gasteiger partial charge on any atom is -0.488 e.